The third kappa shape index (κ3) is 5.45. The Labute approximate surface area is 212 Å². The number of hydrogen-bond donors (Lipinski definition) is 1. The van der Waals surface area contributed by atoms with Crippen LogP contribution in [-0.2, 0) is 9.47 Å². The highest BCUT2D eigenvalue weighted by molar-refractivity contribution is 7.98. The van der Waals surface area contributed by atoms with Crippen LogP contribution in [0.4, 0.5) is 5.69 Å². The molecule has 8 heteroatoms. The van der Waals surface area contributed by atoms with Gasteiger partial charge in [-0.05, 0) is 50.5 Å². The molecule has 3 heterocycles. The molecule has 2 aromatic rings. The van der Waals surface area contributed by atoms with Crippen LogP contribution in [0, 0.1) is 19.3 Å². The molecule has 35 heavy (non-hydrogen) atoms. The number of aryl methyl sites for hydroxylation is 2. The fourth-order valence-corrected chi connectivity index (χ4v) is 6.14. The molecule has 0 bridgehead atoms. The summed E-state index contributed by atoms with van der Waals surface area (Å²) in [6, 6.07) is 14.0. The number of rotatable bonds is 7. The van der Waals surface area contributed by atoms with E-state index in [-0.39, 0.29) is 18.1 Å². The summed E-state index contributed by atoms with van der Waals surface area (Å²) in [5, 5.41) is 0. The van der Waals surface area contributed by atoms with Gasteiger partial charge in [0.05, 0.1) is 19.7 Å². The maximum absolute atomic E-state index is 13.2. The third-order valence-electron chi connectivity index (χ3n) is 7.43. The van der Waals surface area contributed by atoms with Crippen LogP contribution in [0.1, 0.15) is 34.3 Å². The molecule has 0 aromatic heterocycles. The molecule has 1 N–H and O–H groups in total. The van der Waals surface area contributed by atoms with Crippen molar-refractivity contribution in [3.63, 3.8) is 0 Å². The average molecular weight is 498 g/mol. The van der Waals surface area contributed by atoms with Crippen LogP contribution in [0.5, 0.6) is 5.75 Å². The first-order chi connectivity index (χ1) is 16.9. The molecule has 3 aliphatic heterocycles. The van der Waals surface area contributed by atoms with Gasteiger partial charge in [-0.25, -0.2) is 4.31 Å². The topological polar surface area (TPSA) is 63.3 Å². The predicted molar refractivity (Wildman–Crippen MR) is 139 cm³/mol. The van der Waals surface area contributed by atoms with E-state index < -0.39 is 0 Å². The summed E-state index contributed by atoms with van der Waals surface area (Å²) in [4.78, 5) is 15.1. The number of ether oxygens (including phenoxy) is 3. The van der Waals surface area contributed by atoms with Gasteiger partial charge in [0.15, 0.2) is 0 Å². The van der Waals surface area contributed by atoms with E-state index >= 15 is 0 Å². The van der Waals surface area contributed by atoms with E-state index in [0.717, 1.165) is 54.4 Å². The lowest BCUT2D eigenvalue weighted by atomic mass is 9.87. The Hall–Kier alpha value is -2.26. The maximum atomic E-state index is 13.2. The first-order valence-electron chi connectivity index (χ1n) is 12.4. The van der Waals surface area contributed by atoms with Gasteiger partial charge < -0.3 is 23.8 Å². The van der Waals surface area contributed by atoms with Crippen molar-refractivity contribution in [1.29, 1.82) is 0 Å². The highest BCUT2D eigenvalue weighted by Crippen LogP contribution is 2.40. The second kappa shape index (κ2) is 10.4. The van der Waals surface area contributed by atoms with Gasteiger partial charge in [-0.15, -0.1) is 0 Å². The van der Waals surface area contributed by atoms with Crippen LogP contribution >= 0.6 is 12.1 Å². The van der Waals surface area contributed by atoms with E-state index in [1.165, 1.54) is 12.8 Å². The van der Waals surface area contributed by atoms with Crippen molar-refractivity contribution in [2.75, 3.05) is 51.2 Å². The Kier molecular flexibility index (Phi) is 7.25. The Morgan fingerprint density at radius 3 is 2.80 bits per heavy atom. The lowest BCUT2D eigenvalue weighted by molar-refractivity contribution is 0.0340. The molecule has 3 aliphatic rings. The SMILES string of the molecule is COC1CN(C(=O)c2cc(C)ccc2C)CC1Oc1cccc(NSN2CCC3(CCOC3)C2)c1. The highest BCUT2D eigenvalue weighted by atomic mass is 32.2. The Balaban J connectivity index is 1.19. The number of hydrogen-bond acceptors (Lipinski definition) is 7. The summed E-state index contributed by atoms with van der Waals surface area (Å²) >= 11 is 1.65. The number of anilines is 1. The van der Waals surface area contributed by atoms with Crippen molar-refractivity contribution in [3.8, 4) is 5.75 Å². The van der Waals surface area contributed by atoms with E-state index in [9.17, 15) is 4.79 Å². The molecule has 0 aliphatic carbocycles. The van der Waals surface area contributed by atoms with E-state index in [2.05, 4.69) is 9.03 Å². The van der Waals surface area contributed by atoms with Crippen molar-refractivity contribution >= 4 is 23.7 Å². The van der Waals surface area contributed by atoms with Crippen LogP contribution in [0.3, 0.4) is 0 Å². The van der Waals surface area contributed by atoms with E-state index in [0.29, 0.717) is 18.5 Å². The van der Waals surface area contributed by atoms with Gasteiger partial charge in [0.1, 0.15) is 18.0 Å². The summed E-state index contributed by atoms with van der Waals surface area (Å²) < 4.78 is 23.5. The van der Waals surface area contributed by atoms with Crippen molar-refractivity contribution in [2.24, 2.45) is 5.41 Å². The standard InChI is InChI=1S/C27H35N3O4S/c1-19-7-8-20(2)23(13-19)26(31)29-15-24(32-3)25(16-29)34-22-6-4-5-21(14-22)28-35-30-11-9-27(17-30)10-12-33-18-27/h4-8,13-14,24-25,28H,9-12,15-18H2,1-3H3. The minimum absolute atomic E-state index is 0.0298. The number of nitrogens with zero attached hydrogens (tertiary/aromatic N) is 2. The van der Waals surface area contributed by atoms with Crippen LogP contribution < -0.4 is 9.46 Å². The van der Waals surface area contributed by atoms with Crippen molar-refractivity contribution in [2.45, 2.75) is 38.9 Å². The molecule has 3 atom stereocenters. The summed E-state index contributed by atoms with van der Waals surface area (Å²) in [5.41, 5.74) is 4.15. The maximum Gasteiger partial charge on any atom is 0.254 e. The Bertz CT molecular complexity index is 1060. The number of amides is 1. The van der Waals surface area contributed by atoms with Gasteiger partial charge in [-0.1, -0.05) is 23.8 Å². The molecule has 3 fully saturated rings. The molecule has 0 radical (unpaired) electrons. The van der Waals surface area contributed by atoms with E-state index in [1.54, 1.807) is 19.2 Å². The number of nitrogens with one attached hydrogen (secondary N) is 1. The molecule has 3 saturated heterocycles. The summed E-state index contributed by atoms with van der Waals surface area (Å²) in [5.74, 6) is 0.799. The first kappa shape index (κ1) is 24.4. The summed E-state index contributed by atoms with van der Waals surface area (Å²) in [6.45, 7) is 8.90. The smallest absolute Gasteiger partial charge is 0.254 e. The minimum atomic E-state index is -0.224. The van der Waals surface area contributed by atoms with E-state index in [1.807, 2.05) is 61.2 Å². The molecule has 3 unspecified atom stereocenters. The number of methoxy groups -OCH3 is 1. The zero-order valence-electron chi connectivity index (χ0n) is 20.8. The number of likely N-dealkylation sites (tertiary alicyclic amines) is 1. The molecule has 1 spiro atoms. The first-order valence-corrected chi connectivity index (χ1v) is 13.1. The van der Waals surface area contributed by atoms with E-state index in [4.69, 9.17) is 14.2 Å². The quantitative estimate of drug-likeness (QED) is 0.572. The van der Waals surface area contributed by atoms with Gasteiger partial charge in [0.25, 0.3) is 5.91 Å². The monoisotopic (exact) mass is 497 g/mol. The Morgan fingerprint density at radius 1 is 1.14 bits per heavy atom. The third-order valence-corrected chi connectivity index (χ3v) is 8.33. The zero-order valence-corrected chi connectivity index (χ0v) is 21.6. The molecular formula is C27H35N3O4S. The van der Waals surface area contributed by atoms with Gasteiger partial charge in [0.2, 0.25) is 0 Å². The van der Waals surface area contributed by atoms with Crippen LogP contribution in [-0.4, -0.2) is 73.8 Å². The molecule has 188 valence electrons. The Morgan fingerprint density at radius 2 is 2.00 bits per heavy atom. The lowest BCUT2D eigenvalue weighted by Crippen LogP contribution is -2.32. The molecule has 7 nitrogen and oxygen atoms in total. The average Bonchev–Trinajstić information content (AvgIpc) is 3.60. The summed E-state index contributed by atoms with van der Waals surface area (Å²) in [6.07, 6.45) is 1.96. The second-order valence-corrected chi connectivity index (χ2v) is 11.0. The van der Waals surface area contributed by atoms with Crippen LogP contribution in [0.15, 0.2) is 42.5 Å². The van der Waals surface area contributed by atoms with Gasteiger partial charge >= 0.3 is 0 Å². The number of benzene rings is 2. The van der Waals surface area contributed by atoms with Gasteiger partial charge in [-0.3, -0.25) is 4.79 Å². The summed E-state index contributed by atoms with van der Waals surface area (Å²) in [7, 11) is 1.68. The zero-order chi connectivity index (χ0) is 24.4. The van der Waals surface area contributed by atoms with Gasteiger partial charge in [-0.2, -0.15) is 0 Å². The van der Waals surface area contributed by atoms with Crippen molar-refractivity contribution < 1.29 is 19.0 Å². The normalized spacial score (nSPS) is 26.5. The molecule has 0 saturated carbocycles. The second-order valence-electron chi connectivity index (χ2n) is 10.1. The lowest BCUT2D eigenvalue weighted by Gasteiger charge is -2.22. The fourth-order valence-electron chi connectivity index (χ4n) is 5.25. The van der Waals surface area contributed by atoms with Gasteiger partial charge in [0, 0.05) is 61.7 Å². The molecule has 1 amide bonds. The number of carbonyl (C=O) groups excluding carboxylic acids is 1. The molecule has 5 rings (SSSR count). The van der Waals surface area contributed by atoms with Crippen molar-refractivity contribution in [1.82, 2.24) is 9.21 Å². The number of carbonyl (C=O) groups is 1. The van der Waals surface area contributed by atoms with Crippen LogP contribution in [0.2, 0.25) is 0 Å². The predicted octanol–water partition coefficient (Wildman–Crippen LogP) is 4.31. The largest absolute Gasteiger partial charge is 0.486 e. The minimum Gasteiger partial charge on any atom is -0.486 e. The van der Waals surface area contributed by atoms with Crippen LogP contribution in [0.25, 0.3) is 0 Å². The molecular weight excluding hydrogens is 462 g/mol. The fraction of sp³-hybridized carbons (Fsp3) is 0.519. The van der Waals surface area contributed by atoms with Crippen molar-refractivity contribution in [3.05, 3.63) is 59.2 Å². The molecule has 2 aromatic carbocycles. The highest BCUT2D eigenvalue weighted by Gasteiger charge is 2.41.